The van der Waals surface area contributed by atoms with Crippen molar-refractivity contribution in [2.24, 2.45) is 5.92 Å². The maximum absolute atomic E-state index is 14.2. The molecule has 4 rings (SSSR count). The van der Waals surface area contributed by atoms with Gasteiger partial charge in [-0.05, 0) is 62.9 Å². The number of rotatable bonds is 9. The summed E-state index contributed by atoms with van der Waals surface area (Å²) in [7, 11) is 1.32. The van der Waals surface area contributed by atoms with E-state index < -0.39 is 23.8 Å². The quantitative estimate of drug-likeness (QED) is 0.357. The second-order valence-corrected chi connectivity index (χ2v) is 9.58. The predicted molar refractivity (Wildman–Crippen MR) is 132 cm³/mol. The molecule has 3 aromatic heterocycles. The lowest BCUT2D eigenvalue weighted by atomic mass is 9.80. The van der Waals surface area contributed by atoms with E-state index in [0.717, 1.165) is 24.1 Å². The van der Waals surface area contributed by atoms with E-state index in [0.29, 0.717) is 17.9 Å². The number of hydrogen-bond acceptors (Lipinski definition) is 7. The molecule has 0 unspecified atom stereocenters. The van der Waals surface area contributed by atoms with Gasteiger partial charge in [-0.25, -0.2) is 13.7 Å². The first-order valence-corrected chi connectivity index (χ1v) is 11.8. The number of anilines is 1. The van der Waals surface area contributed by atoms with Gasteiger partial charge in [0, 0.05) is 25.0 Å². The lowest BCUT2D eigenvalue weighted by Gasteiger charge is -2.37. The molecule has 0 aromatic carbocycles. The van der Waals surface area contributed by atoms with Crippen LogP contribution in [0.25, 0.3) is 16.9 Å². The van der Waals surface area contributed by atoms with Gasteiger partial charge in [-0.2, -0.15) is 5.10 Å². The Hall–Kier alpha value is -3.73. The van der Waals surface area contributed by atoms with E-state index in [4.69, 9.17) is 0 Å². The topological polar surface area (TPSA) is 130 Å². The first kappa shape index (κ1) is 25.4. The largest absolute Gasteiger partial charge is 0.453 e. The molecule has 10 nitrogen and oxygen atoms in total. The van der Waals surface area contributed by atoms with E-state index in [2.05, 4.69) is 30.8 Å². The number of carbonyl (C=O) groups is 2. The second kappa shape index (κ2) is 10.5. The highest BCUT2D eigenvalue weighted by molar-refractivity contribution is 6.00. The van der Waals surface area contributed by atoms with Crippen LogP contribution in [0.3, 0.4) is 0 Å². The number of halogens is 1. The monoisotopic (exact) mass is 498 g/mol. The molecule has 0 aliphatic heterocycles. The van der Waals surface area contributed by atoms with Crippen LogP contribution in [0.4, 0.5) is 14.9 Å². The molecule has 1 aliphatic carbocycles. The number of hydrogen-bond donors (Lipinski definition) is 4. The predicted octanol–water partition coefficient (Wildman–Crippen LogP) is 2.78. The minimum atomic E-state index is -1.63. The van der Waals surface area contributed by atoms with Crippen LogP contribution in [0.15, 0.2) is 42.7 Å². The number of fused-ring (bicyclic) bond motifs is 1. The number of aliphatic hydroxyl groups is 1. The first-order chi connectivity index (χ1) is 17.2. The Bertz CT molecular complexity index is 1230. The van der Waals surface area contributed by atoms with Gasteiger partial charge < -0.3 is 25.8 Å². The van der Waals surface area contributed by atoms with Crippen LogP contribution in [0.5, 0.6) is 0 Å². The Morgan fingerprint density at radius 2 is 2.06 bits per heavy atom. The van der Waals surface area contributed by atoms with Crippen LogP contribution >= 0.6 is 0 Å². The zero-order valence-electron chi connectivity index (χ0n) is 20.5. The summed E-state index contributed by atoms with van der Waals surface area (Å²) >= 11 is 0. The Labute approximate surface area is 208 Å². The van der Waals surface area contributed by atoms with Crippen LogP contribution in [0.1, 0.15) is 37.0 Å². The summed E-state index contributed by atoms with van der Waals surface area (Å²) in [5.74, 6) is -0.206. The molecule has 192 valence electrons. The molecular weight excluding hydrogens is 467 g/mol. The molecule has 36 heavy (non-hydrogen) atoms. The van der Waals surface area contributed by atoms with E-state index >= 15 is 0 Å². The van der Waals surface area contributed by atoms with Crippen LogP contribution in [0.2, 0.25) is 0 Å². The average molecular weight is 499 g/mol. The van der Waals surface area contributed by atoms with Gasteiger partial charge in [0.25, 0.3) is 5.91 Å². The number of alkyl halides is 1. The Balaban J connectivity index is 1.53. The molecule has 11 heteroatoms. The van der Waals surface area contributed by atoms with E-state index in [1.54, 1.807) is 16.8 Å². The van der Waals surface area contributed by atoms with Crippen LogP contribution in [-0.2, 0) is 4.74 Å². The van der Waals surface area contributed by atoms with Crippen molar-refractivity contribution in [1.82, 2.24) is 25.2 Å². The number of carbonyl (C=O) groups excluding carboxylic acids is 2. The fourth-order valence-electron chi connectivity index (χ4n) is 4.10. The molecule has 0 saturated heterocycles. The molecule has 3 heterocycles. The van der Waals surface area contributed by atoms with Gasteiger partial charge in [-0.3, -0.25) is 9.78 Å². The zero-order chi connectivity index (χ0) is 25.9. The number of ether oxygens (including phenoxy) is 1. The minimum absolute atomic E-state index is 0.0868. The van der Waals surface area contributed by atoms with Crippen LogP contribution < -0.4 is 16.0 Å². The molecule has 1 saturated carbocycles. The molecule has 3 aromatic rings. The van der Waals surface area contributed by atoms with Crippen molar-refractivity contribution in [3.63, 3.8) is 0 Å². The molecule has 1 atom stereocenters. The smallest absolute Gasteiger partial charge is 0.406 e. The molecule has 0 bridgehead atoms. The normalized spacial score (nSPS) is 18.2. The summed E-state index contributed by atoms with van der Waals surface area (Å²) in [6.45, 7) is 2.88. The Morgan fingerprint density at radius 1 is 1.28 bits per heavy atom. The number of nitrogens with one attached hydrogen (secondary N) is 3. The lowest BCUT2D eigenvalue weighted by Crippen LogP contribution is -2.43. The molecular formula is C25H31FN6O4. The van der Waals surface area contributed by atoms with Crippen molar-refractivity contribution in [3.8, 4) is 11.4 Å². The highest BCUT2D eigenvalue weighted by Crippen LogP contribution is 2.32. The second-order valence-electron chi connectivity index (χ2n) is 9.58. The van der Waals surface area contributed by atoms with E-state index in [1.807, 2.05) is 24.3 Å². The third-order valence-corrected chi connectivity index (χ3v) is 6.36. The van der Waals surface area contributed by atoms with E-state index in [9.17, 15) is 19.1 Å². The van der Waals surface area contributed by atoms with E-state index in [-0.39, 0.29) is 24.1 Å². The third kappa shape index (κ3) is 5.73. The van der Waals surface area contributed by atoms with Crippen molar-refractivity contribution >= 4 is 23.2 Å². The highest BCUT2D eigenvalue weighted by Gasteiger charge is 2.31. The number of alkyl carbamates (subject to hydrolysis) is 1. The van der Waals surface area contributed by atoms with Gasteiger partial charge in [-0.15, -0.1) is 0 Å². The van der Waals surface area contributed by atoms with Gasteiger partial charge in [-0.1, -0.05) is 0 Å². The van der Waals surface area contributed by atoms with Gasteiger partial charge in [0.15, 0.2) is 0 Å². The number of aromatic nitrogens is 3. The summed E-state index contributed by atoms with van der Waals surface area (Å²) in [6, 6.07) is 9.49. The fraction of sp³-hybridized carbons (Fsp3) is 0.440. The molecule has 0 radical (unpaired) electrons. The summed E-state index contributed by atoms with van der Waals surface area (Å²) in [6.07, 6.45) is 2.64. The van der Waals surface area contributed by atoms with Crippen molar-refractivity contribution < 1.29 is 23.8 Å². The molecule has 0 spiro atoms. The Kier molecular flexibility index (Phi) is 7.39. The molecule has 4 N–H and O–H groups in total. The summed E-state index contributed by atoms with van der Waals surface area (Å²) in [5, 5.41) is 22.9. The summed E-state index contributed by atoms with van der Waals surface area (Å²) in [5.41, 5.74) is 1.55. The van der Waals surface area contributed by atoms with Crippen molar-refractivity contribution in [3.05, 3.63) is 48.3 Å². The maximum Gasteiger partial charge on any atom is 0.406 e. The van der Waals surface area contributed by atoms with Gasteiger partial charge in [0.05, 0.1) is 47.4 Å². The fourth-order valence-corrected chi connectivity index (χ4v) is 4.10. The van der Waals surface area contributed by atoms with Crippen molar-refractivity contribution in [2.75, 3.05) is 25.5 Å². The molecule has 1 aliphatic rings. The number of nitrogens with zero attached hydrogens (tertiary/aromatic N) is 3. The van der Waals surface area contributed by atoms with Gasteiger partial charge in [0.2, 0.25) is 0 Å². The third-order valence-electron chi connectivity index (χ3n) is 6.36. The van der Waals surface area contributed by atoms with Crippen molar-refractivity contribution in [1.29, 1.82) is 0 Å². The SMILES string of the molecule is COC(=O)NCC1CC(Nc2cc(-c3ccc4cccnn34)ncc2C(=O)NC[C@@H](F)C(C)(C)O)C1. The van der Waals surface area contributed by atoms with E-state index in [1.165, 1.54) is 27.2 Å². The summed E-state index contributed by atoms with van der Waals surface area (Å²) < 4.78 is 20.6. The first-order valence-electron chi connectivity index (χ1n) is 11.8. The number of methoxy groups -OCH3 is 1. The van der Waals surface area contributed by atoms with Gasteiger partial charge >= 0.3 is 6.09 Å². The molecule has 2 amide bonds. The van der Waals surface area contributed by atoms with Crippen LogP contribution in [-0.4, -0.2) is 69.7 Å². The lowest BCUT2D eigenvalue weighted by molar-refractivity contribution is -0.00177. The minimum Gasteiger partial charge on any atom is -0.453 e. The Morgan fingerprint density at radius 3 is 2.78 bits per heavy atom. The van der Waals surface area contributed by atoms with Crippen LogP contribution in [0, 0.1) is 5.92 Å². The number of amides is 2. The maximum atomic E-state index is 14.2. The van der Waals surface area contributed by atoms with Gasteiger partial charge in [0.1, 0.15) is 6.17 Å². The highest BCUT2D eigenvalue weighted by atomic mass is 19.1. The standard InChI is InChI=1S/C25H31FN6O4/c1-25(2,35)22(26)14-28-23(33)18-13-27-20(21-7-6-17-5-4-8-30-32(17)21)11-19(18)31-16-9-15(10-16)12-29-24(34)36-3/h4-8,11,13,15-16,22,35H,9-10,12,14H2,1-3H3,(H,27,31)(H,28,33)(H,29,34)/t15?,16?,22-/m1/s1. The number of pyridine rings is 1. The average Bonchev–Trinajstić information content (AvgIpc) is 3.26. The molecule has 1 fully saturated rings. The van der Waals surface area contributed by atoms with Crippen molar-refractivity contribution in [2.45, 2.75) is 44.5 Å². The summed E-state index contributed by atoms with van der Waals surface area (Å²) in [4.78, 5) is 28.8. The zero-order valence-corrected chi connectivity index (χ0v) is 20.5.